The Morgan fingerprint density at radius 2 is 1.48 bits per heavy atom. The minimum absolute atomic E-state index is 0.0691. The summed E-state index contributed by atoms with van der Waals surface area (Å²) in [6.45, 7) is 1.45. The first-order chi connectivity index (χ1) is 9.95. The van der Waals surface area contributed by atoms with Crippen LogP contribution in [0.4, 0.5) is 17.6 Å². The van der Waals surface area contributed by atoms with Gasteiger partial charge in [0, 0.05) is 6.07 Å². The molecule has 3 aromatic carbocycles. The maximum atomic E-state index is 14.1. The Kier molecular flexibility index (Phi) is 3.01. The minimum Gasteiger partial charge on any atom is -0.497 e. The van der Waals surface area contributed by atoms with Gasteiger partial charge in [-0.25, -0.2) is 17.6 Å². The molecular weight excluding hydrogens is 284 g/mol. The van der Waals surface area contributed by atoms with E-state index in [1.807, 2.05) is 0 Å². The van der Waals surface area contributed by atoms with E-state index in [2.05, 4.69) is 0 Å². The lowest BCUT2D eigenvalue weighted by Gasteiger charge is -2.11. The molecule has 0 saturated carbocycles. The molecule has 0 aliphatic heterocycles. The van der Waals surface area contributed by atoms with Gasteiger partial charge in [0.25, 0.3) is 0 Å². The van der Waals surface area contributed by atoms with E-state index in [1.54, 1.807) is 0 Å². The van der Waals surface area contributed by atoms with Gasteiger partial charge in [0.15, 0.2) is 11.6 Å². The molecule has 3 rings (SSSR count). The van der Waals surface area contributed by atoms with Crippen LogP contribution in [0.2, 0.25) is 0 Å². The Morgan fingerprint density at radius 1 is 0.810 bits per heavy atom. The van der Waals surface area contributed by atoms with Gasteiger partial charge in [0.05, 0.1) is 17.9 Å². The van der Waals surface area contributed by atoms with Crippen LogP contribution in [0, 0.1) is 30.2 Å². The standard InChI is InChI=1S/C16H10F4O/c1-7-3-4-9-10-5-8(21-2)6-11(17)12(10)15(19)16(20)13(9)14(7)18/h3-6H,1-2H3. The topological polar surface area (TPSA) is 9.23 Å². The predicted molar refractivity (Wildman–Crippen MR) is 72.6 cm³/mol. The highest BCUT2D eigenvalue weighted by Gasteiger charge is 2.21. The van der Waals surface area contributed by atoms with Crippen molar-refractivity contribution < 1.29 is 22.3 Å². The third-order valence-electron chi connectivity index (χ3n) is 3.56. The SMILES string of the molecule is COc1cc(F)c2c(F)c(F)c3c(F)c(C)ccc3c2c1. The number of halogens is 4. The molecule has 0 amide bonds. The number of methoxy groups -OCH3 is 1. The van der Waals surface area contributed by atoms with Crippen molar-refractivity contribution in [2.45, 2.75) is 6.92 Å². The Hall–Kier alpha value is -2.30. The van der Waals surface area contributed by atoms with Gasteiger partial charge >= 0.3 is 0 Å². The molecule has 21 heavy (non-hydrogen) atoms. The normalized spacial score (nSPS) is 11.3. The van der Waals surface area contributed by atoms with Crippen LogP contribution in [0.25, 0.3) is 21.5 Å². The Morgan fingerprint density at radius 3 is 2.14 bits per heavy atom. The molecule has 0 aliphatic rings. The van der Waals surface area contributed by atoms with Gasteiger partial charge < -0.3 is 4.74 Å². The largest absolute Gasteiger partial charge is 0.497 e. The minimum atomic E-state index is -1.40. The van der Waals surface area contributed by atoms with Crippen molar-refractivity contribution >= 4 is 21.5 Å². The van der Waals surface area contributed by atoms with Gasteiger partial charge in [-0.1, -0.05) is 12.1 Å². The van der Waals surface area contributed by atoms with Gasteiger partial charge in [0.1, 0.15) is 17.4 Å². The zero-order valence-corrected chi connectivity index (χ0v) is 11.2. The van der Waals surface area contributed by atoms with Crippen molar-refractivity contribution in [2.24, 2.45) is 0 Å². The molecule has 0 spiro atoms. The van der Waals surface area contributed by atoms with Gasteiger partial charge in [-0.2, -0.15) is 0 Å². The molecule has 3 aromatic rings. The van der Waals surface area contributed by atoms with Gasteiger partial charge in [0.2, 0.25) is 0 Å². The summed E-state index contributed by atoms with van der Waals surface area (Å²) < 4.78 is 61.3. The van der Waals surface area contributed by atoms with Crippen LogP contribution in [-0.2, 0) is 0 Å². The summed E-state index contributed by atoms with van der Waals surface area (Å²) >= 11 is 0. The fraction of sp³-hybridized carbons (Fsp3) is 0.125. The predicted octanol–water partition coefficient (Wildman–Crippen LogP) is 4.87. The zero-order valence-electron chi connectivity index (χ0n) is 11.2. The fourth-order valence-corrected chi connectivity index (χ4v) is 2.47. The van der Waals surface area contributed by atoms with E-state index in [4.69, 9.17) is 4.74 Å². The highest BCUT2D eigenvalue weighted by atomic mass is 19.2. The van der Waals surface area contributed by atoms with Crippen LogP contribution in [0.1, 0.15) is 5.56 Å². The number of hydrogen-bond acceptors (Lipinski definition) is 1. The van der Waals surface area contributed by atoms with Crippen LogP contribution >= 0.6 is 0 Å². The first kappa shape index (κ1) is 13.7. The molecule has 0 atom stereocenters. The third kappa shape index (κ3) is 1.84. The summed E-state index contributed by atoms with van der Waals surface area (Å²) in [6, 6.07) is 5.20. The number of fused-ring (bicyclic) bond motifs is 3. The summed E-state index contributed by atoms with van der Waals surface area (Å²) in [4.78, 5) is 0. The third-order valence-corrected chi connectivity index (χ3v) is 3.56. The van der Waals surface area contributed by atoms with Crippen molar-refractivity contribution in [2.75, 3.05) is 7.11 Å². The highest BCUT2D eigenvalue weighted by Crippen LogP contribution is 2.36. The molecular formula is C16H10F4O. The first-order valence-electron chi connectivity index (χ1n) is 6.18. The van der Waals surface area contributed by atoms with E-state index in [0.717, 1.165) is 6.07 Å². The summed E-state index contributed by atoms with van der Waals surface area (Å²) in [5.41, 5.74) is 0.184. The van der Waals surface area contributed by atoms with E-state index in [1.165, 1.54) is 32.2 Å². The Balaban J connectivity index is 2.65. The van der Waals surface area contributed by atoms with Crippen molar-refractivity contribution in [1.82, 2.24) is 0 Å². The van der Waals surface area contributed by atoms with Crippen molar-refractivity contribution in [3.8, 4) is 5.75 Å². The second-order valence-electron chi connectivity index (χ2n) is 4.78. The average molecular weight is 294 g/mol. The number of hydrogen-bond donors (Lipinski definition) is 0. The van der Waals surface area contributed by atoms with Crippen molar-refractivity contribution in [1.29, 1.82) is 0 Å². The smallest absolute Gasteiger partial charge is 0.170 e. The molecule has 0 N–H and O–H groups in total. The molecule has 0 fully saturated rings. The summed E-state index contributed by atoms with van der Waals surface area (Å²) in [5, 5.41) is -0.818. The lowest BCUT2D eigenvalue weighted by atomic mass is 9.98. The summed E-state index contributed by atoms with van der Waals surface area (Å²) in [6.07, 6.45) is 0. The molecule has 0 radical (unpaired) electrons. The number of ether oxygens (including phenoxy) is 1. The highest BCUT2D eigenvalue weighted by molar-refractivity contribution is 6.09. The maximum absolute atomic E-state index is 14.1. The lowest BCUT2D eigenvalue weighted by molar-refractivity contribution is 0.412. The number of benzene rings is 3. The second kappa shape index (κ2) is 4.62. The van der Waals surface area contributed by atoms with Crippen LogP contribution in [0.5, 0.6) is 5.75 Å². The van der Waals surface area contributed by atoms with Gasteiger partial charge in [-0.3, -0.25) is 0 Å². The second-order valence-corrected chi connectivity index (χ2v) is 4.78. The van der Waals surface area contributed by atoms with E-state index in [0.29, 0.717) is 0 Å². The van der Waals surface area contributed by atoms with Crippen LogP contribution in [0.15, 0.2) is 24.3 Å². The molecule has 108 valence electrons. The first-order valence-corrected chi connectivity index (χ1v) is 6.18. The van der Waals surface area contributed by atoms with E-state index < -0.39 is 34.0 Å². The van der Waals surface area contributed by atoms with E-state index >= 15 is 0 Å². The fourth-order valence-electron chi connectivity index (χ4n) is 2.47. The Bertz CT molecular complexity index is 887. The molecule has 5 heteroatoms. The van der Waals surface area contributed by atoms with Crippen LogP contribution < -0.4 is 4.74 Å². The van der Waals surface area contributed by atoms with Gasteiger partial charge in [-0.15, -0.1) is 0 Å². The Labute approximate surface area is 117 Å². The molecule has 0 heterocycles. The van der Waals surface area contributed by atoms with Gasteiger partial charge in [-0.05, 0) is 29.3 Å². The maximum Gasteiger partial charge on any atom is 0.170 e. The average Bonchev–Trinajstić information content (AvgIpc) is 2.46. The van der Waals surface area contributed by atoms with Crippen molar-refractivity contribution in [3.63, 3.8) is 0 Å². The molecule has 0 bridgehead atoms. The van der Waals surface area contributed by atoms with Crippen LogP contribution in [0.3, 0.4) is 0 Å². The molecule has 0 unspecified atom stereocenters. The lowest BCUT2D eigenvalue weighted by Crippen LogP contribution is -1.98. The molecule has 0 aromatic heterocycles. The monoisotopic (exact) mass is 294 g/mol. The summed E-state index contributed by atoms with van der Waals surface area (Å²) in [7, 11) is 1.33. The van der Waals surface area contributed by atoms with Crippen LogP contribution in [-0.4, -0.2) is 7.11 Å². The molecule has 0 saturated heterocycles. The quantitative estimate of drug-likeness (QED) is 0.460. The number of rotatable bonds is 1. The summed E-state index contributed by atoms with van der Waals surface area (Å²) in [5.74, 6) is -4.45. The van der Waals surface area contributed by atoms with E-state index in [-0.39, 0.29) is 22.1 Å². The van der Waals surface area contributed by atoms with E-state index in [9.17, 15) is 17.6 Å². The zero-order chi connectivity index (χ0) is 15.3. The van der Waals surface area contributed by atoms with Crippen molar-refractivity contribution in [3.05, 3.63) is 53.1 Å². The molecule has 1 nitrogen and oxygen atoms in total. The molecule has 0 aliphatic carbocycles. The number of aryl methyl sites for hydroxylation is 1.